The Labute approximate surface area is 162 Å². The molecule has 1 heterocycles. The number of likely N-dealkylation sites (N-methyl/N-ethyl adjacent to an activating group) is 2. The third kappa shape index (κ3) is 4.60. The molecule has 1 amide bonds. The number of furan rings is 1. The van der Waals surface area contributed by atoms with E-state index in [9.17, 15) is 4.79 Å². The number of aryl methyl sites for hydroxylation is 1. The molecule has 1 aromatic carbocycles. The third-order valence-corrected chi connectivity index (χ3v) is 5.64. The number of fused-ring (bicyclic) bond motifs is 1. The van der Waals surface area contributed by atoms with Crippen molar-refractivity contribution in [3.8, 4) is 0 Å². The van der Waals surface area contributed by atoms with Gasteiger partial charge in [-0.2, -0.15) is 0 Å². The van der Waals surface area contributed by atoms with Gasteiger partial charge in [0.15, 0.2) is 0 Å². The van der Waals surface area contributed by atoms with E-state index in [-0.39, 0.29) is 11.9 Å². The Bertz CT molecular complexity index is 725. The Hall–Kier alpha value is -2.11. The highest BCUT2D eigenvalue weighted by molar-refractivity contribution is 5.78. The molecule has 0 unspecified atom stereocenters. The smallest absolute Gasteiger partial charge is 0.234 e. The fourth-order valence-electron chi connectivity index (χ4n) is 4.15. The molecule has 3 rings (SSSR count). The Kier molecular flexibility index (Phi) is 6.69. The molecule has 0 saturated carbocycles. The number of amides is 1. The fraction of sp³-hybridized carbons (Fsp3) is 0.500. The van der Waals surface area contributed by atoms with Gasteiger partial charge in [0.1, 0.15) is 5.76 Å². The number of carbonyl (C=O) groups is 1. The van der Waals surface area contributed by atoms with Crippen LogP contribution in [-0.2, 0) is 11.2 Å². The van der Waals surface area contributed by atoms with Crippen LogP contribution in [-0.4, -0.2) is 48.9 Å². The van der Waals surface area contributed by atoms with E-state index in [1.54, 1.807) is 6.26 Å². The van der Waals surface area contributed by atoms with Crippen molar-refractivity contribution >= 4 is 5.91 Å². The second kappa shape index (κ2) is 9.20. The quantitative estimate of drug-likeness (QED) is 0.736. The van der Waals surface area contributed by atoms with Gasteiger partial charge < -0.3 is 9.73 Å². The molecule has 0 spiro atoms. The molecule has 5 nitrogen and oxygen atoms in total. The molecule has 1 N–H and O–H groups in total. The standard InChI is InChI=1S/C22H31N3O2/c1-4-25(5-2)20(21-11-8-14-27-21)15-23-22(26)16-24(3)19-13-12-17-9-6-7-10-18(17)19/h6-11,14,19-20H,4-5,12-13,15-16H2,1-3H3,(H,23,26)/t19-,20-/m1/s1. The lowest BCUT2D eigenvalue weighted by molar-refractivity contribution is -0.122. The molecular weight excluding hydrogens is 338 g/mol. The first kappa shape index (κ1) is 19.6. The molecule has 1 aliphatic rings. The van der Waals surface area contributed by atoms with Gasteiger partial charge in [0, 0.05) is 12.6 Å². The van der Waals surface area contributed by atoms with Crippen molar-refractivity contribution in [1.82, 2.24) is 15.1 Å². The van der Waals surface area contributed by atoms with E-state index in [4.69, 9.17) is 4.42 Å². The van der Waals surface area contributed by atoms with Crippen LogP contribution in [0.25, 0.3) is 0 Å². The summed E-state index contributed by atoms with van der Waals surface area (Å²) in [4.78, 5) is 17.1. The van der Waals surface area contributed by atoms with Crippen molar-refractivity contribution in [2.45, 2.75) is 38.8 Å². The maximum Gasteiger partial charge on any atom is 0.234 e. The van der Waals surface area contributed by atoms with Crippen LogP contribution in [0.2, 0.25) is 0 Å². The molecule has 0 bridgehead atoms. The van der Waals surface area contributed by atoms with Gasteiger partial charge >= 0.3 is 0 Å². The molecule has 2 aromatic rings. The molecule has 0 fully saturated rings. The van der Waals surface area contributed by atoms with E-state index in [1.165, 1.54) is 11.1 Å². The SMILES string of the molecule is CCN(CC)[C@H](CNC(=O)CN(C)[C@@H]1CCc2ccccc21)c1ccco1. The summed E-state index contributed by atoms with van der Waals surface area (Å²) in [5, 5.41) is 3.12. The van der Waals surface area contributed by atoms with Gasteiger partial charge in [-0.25, -0.2) is 0 Å². The van der Waals surface area contributed by atoms with Crippen molar-refractivity contribution in [2.24, 2.45) is 0 Å². The van der Waals surface area contributed by atoms with Crippen LogP contribution in [0.3, 0.4) is 0 Å². The van der Waals surface area contributed by atoms with E-state index >= 15 is 0 Å². The maximum absolute atomic E-state index is 12.6. The average Bonchev–Trinajstić information content (AvgIpc) is 3.34. The first-order valence-corrected chi connectivity index (χ1v) is 9.96. The lowest BCUT2D eigenvalue weighted by Crippen LogP contribution is -2.41. The van der Waals surface area contributed by atoms with Crippen molar-refractivity contribution in [2.75, 3.05) is 33.2 Å². The number of benzene rings is 1. The zero-order valence-electron chi connectivity index (χ0n) is 16.6. The monoisotopic (exact) mass is 369 g/mol. The van der Waals surface area contributed by atoms with Gasteiger partial charge in [0.05, 0.1) is 18.8 Å². The number of carbonyl (C=O) groups excluding carboxylic acids is 1. The highest BCUT2D eigenvalue weighted by Gasteiger charge is 2.27. The second-order valence-corrected chi connectivity index (χ2v) is 7.22. The summed E-state index contributed by atoms with van der Waals surface area (Å²) >= 11 is 0. The number of nitrogens with zero attached hydrogens (tertiary/aromatic N) is 2. The van der Waals surface area contributed by atoms with Gasteiger partial charge in [0.25, 0.3) is 0 Å². The number of nitrogens with one attached hydrogen (secondary N) is 1. The Balaban J connectivity index is 1.57. The topological polar surface area (TPSA) is 48.7 Å². The zero-order valence-corrected chi connectivity index (χ0v) is 16.6. The van der Waals surface area contributed by atoms with Gasteiger partial charge in [-0.1, -0.05) is 38.1 Å². The van der Waals surface area contributed by atoms with Crippen molar-refractivity contribution in [1.29, 1.82) is 0 Å². The van der Waals surface area contributed by atoms with Crippen LogP contribution in [0.4, 0.5) is 0 Å². The van der Waals surface area contributed by atoms with Crippen LogP contribution in [0.1, 0.15) is 49.2 Å². The van der Waals surface area contributed by atoms with E-state index < -0.39 is 0 Å². The minimum atomic E-state index is 0.0607. The molecule has 1 aromatic heterocycles. The molecule has 0 aliphatic heterocycles. The predicted octanol–water partition coefficient (Wildman–Crippen LogP) is 3.40. The summed E-state index contributed by atoms with van der Waals surface area (Å²) in [6.45, 7) is 7.05. The predicted molar refractivity (Wildman–Crippen MR) is 108 cm³/mol. The first-order chi connectivity index (χ1) is 13.1. The van der Waals surface area contributed by atoms with Crippen LogP contribution in [0.15, 0.2) is 47.1 Å². The van der Waals surface area contributed by atoms with Gasteiger partial charge in [-0.05, 0) is 56.2 Å². The molecule has 2 atom stereocenters. The molecule has 5 heteroatoms. The van der Waals surface area contributed by atoms with Gasteiger partial charge in [0.2, 0.25) is 5.91 Å². The van der Waals surface area contributed by atoms with Crippen LogP contribution >= 0.6 is 0 Å². The number of rotatable bonds is 9. The normalized spacial score (nSPS) is 17.3. The first-order valence-electron chi connectivity index (χ1n) is 9.96. The van der Waals surface area contributed by atoms with E-state index in [2.05, 4.69) is 53.2 Å². The van der Waals surface area contributed by atoms with Crippen molar-refractivity contribution in [3.05, 3.63) is 59.5 Å². The molecule has 146 valence electrons. The van der Waals surface area contributed by atoms with E-state index in [1.807, 2.05) is 19.2 Å². The highest BCUT2D eigenvalue weighted by atomic mass is 16.3. The summed E-state index contributed by atoms with van der Waals surface area (Å²) in [6, 6.07) is 12.8. The van der Waals surface area contributed by atoms with Gasteiger partial charge in [-0.15, -0.1) is 0 Å². The van der Waals surface area contributed by atoms with Crippen LogP contribution in [0.5, 0.6) is 0 Å². The Morgan fingerprint density at radius 1 is 1.22 bits per heavy atom. The Morgan fingerprint density at radius 3 is 2.70 bits per heavy atom. The largest absolute Gasteiger partial charge is 0.468 e. The van der Waals surface area contributed by atoms with E-state index in [0.717, 1.165) is 31.7 Å². The van der Waals surface area contributed by atoms with Crippen molar-refractivity contribution in [3.63, 3.8) is 0 Å². The molecular formula is C22H31N3O2. The number of hydrogen-bond donors (Lipinski definition) is 1. The lowest BCUT2D eigenvalue weighted by Gasteiger charge is -2.29. The summed E-state index contributed by atoms with van der Waals surface area (Å²) in [6.07, 6.45) is 3.87. The summed E-state index contributed by atoms with van der Waals surface area (Å²) < 4.78 is 5.61. The molecule has 27 heavy (non-hydrogen) atoms. The van der Waals surface area contributed by atoms with Crippen LogP contribution in [0, 0.1) is 0 Å². The zero-order chi connectivity index (χ0) is 19.2. The van der Waals surface area contributed by atoms with Gasteiger partial charge in [-0.3, -0.25) is 14.6 Å². The maximum atomic E-state index is 12.6. The highest BCUT2D eigenvalue weighted by Crippen LogP contribution is 2.34. The molecule has 0 saturated heterocycles. The second-order valence-electron chi connectivity index (χ2n) is 7.22. The molecule has 0 radical (unpaired) electrons. The molecule has 1 aliphatic carbocycles. The summed E-state index contributed by atoms with van der Waals surface area (Å²) in [7, 11) is 2.04. The average molecular weight is 370 g/mol. The summed E-state index contributed by atoms with van der Waals surface area (Å²) in [5.41, 5.74) is 2.78. The van der Waals surface area contributed by atoms with Crippen molar-refractivity contribution < 1.29 is 9.21 Å². The van der Waals surface area contributed by atoms with E-state index in [0.29, 0.717) is 19.1 Å². The number of hydrogen-bond acceptors (Lipinski definition) is 4. The minimum Gasteiger partial charge on any atom is -0.468 e. The minimum absolute atomic E-state index is 0.0607. The lowest BCUT2D eigenvalue weighted by atomic mass is 10.1. The third-order valence-electron chi connectivity index (χ3n) is 5.64. The summed E-state index contributed by atoms with van der Waals surface area (Å²) in [5.74, 6) is 0.961. The Morgan fingerprint density at radius 2 is 2.00 bits per heavy atom. The van der Waals surface area contributed by atoms with Crippen LogP contribution < -0.4 is 5.32 Å². The fourth-order valence-corrected chi connectivity index (χ4v) is 4.15.